The first kappa shape index (κ1) is 26.9. The van der Waals surface area contributed by atoms with Crippen LogP contribution in [0.2, 0.25) is 0 Å². The maximum atomic E-state index is 13.4. The summed E-state index contributed by atoms with van der Waals surface area (Å²) in [7, 11) is 3.86. The van der Waals surface area contributed by atoms with Crippen LogP contribution < -0.4 is 10.6 Å². The van der Waals surface area contributed by atoms with Crippen molar-refractivity contribution in [3.05, 3.63) is 101 Å². The first-order valence-corrected chi connectivity index (χ1v) is 12.6. The summed E-state index contributed by atoms with van der Waals surface area (Å²) in [5, 5.41) is 5.83. The van der Waals surface area contributed by atoms with Gasteiger partial charge in [-0.05, 0) is 63.3 Å². The summed E-state index contributed by atoms with van der Waals surface area (Å²) in [6.45, 7) is 5.33. The molecule has 4 rings (SSSR count). The molecule has 0 spiro atoms. The first-order valence-electron chi connectivity index (χ1n) is 12.6. The summed E-state index contributed by atoms with van der Waals surface area (Å²) < 4.78 is 5.75. The Bertz CT molecular complexity index is 1290. The van der Waals surface area contributed by atoms with Gasteiger partial charge in [-0.3, -0.25) is 14.5 Å². The van der Waals surface area contributed by atoms with Gasteiger partial charge in [0.05, 0.1) is 6.54 Å². The number of cyclic esters (lactones) is 1. The summed E-state index contributed by atoms with van der Waals surface area (Å²) in [5.74, 6) is -0.486. The molecule has 38 heavy (non-hydrogen) atoms. The van der Waals surface area contributed by atoms with Crippen molar-refractivity contribution in [3.8, 4) is 0 Å². The van der Waals surface area contributed by atoms with Gasteiger partial charge in [0.15, 0.2) is 12.1 Å². The molecule has 3 amide bonds. The monoisotopic (exact) mass is 514 g/mol. The highest BCUT2D eigenvalue weighted by atomic mass is 16.6. The maximum Gasteiger partial charge on any atom is 0.411 e. The summed E-state index contributed by atoms with van der Waals surface area (Å²) in [6.07, 6.45) is -1.32. The van der Waals surface area contributed by atoms with Gasteiger partial charge in [0.2, 0.25) is 5.91 Å². The van der Waals surface area contributed by atoms with Crippen LogP contribution in [0.25, 0.3) is 0 Å². The number of carbonyl (C=O) groups is 3. The zero-order chi connectivity index (χ0) is 27.2. The van der Waals surface area contributed by atoms with Crippen LogP contribution in [-0.4, -0.2) is 60.9 Å². The summed E-state index contributed by atoms with van der Waals surface area (Å²) in [5.41, 5.74) is 4.91. The number of benzene rings is 3. The van der Waals surface area contributed by atoms with E-state index in [2.05, 4.69) is 10.6 Å². The van der Waals surface area contributed by atoms with Crippen LogP contribution in [-0.2, 0) is 16.1 Å². The van der Waals surface area contributed by atoms with Crippen LogP contribution in [0.15, 0.2) is 72.8 Å². The fourth-order valence-corrected chi connectivity index (χ4v) is 4.39. The molecule has 0 radical (unpaired) electrons. The van der Waals surface area contributed by atoms with E-state index in [4.69, 9.17) is 4.74 Å². The van der Waals surface area contributed by atoms with Crippen molar-refractivity contribution in [2.75, 3.05) is 32.5 Å². The topological polar surface area (TPSA) is 91.0 Å². The van der Waals surface area contributed by atoms with Crippen molar-refractivity contribution in [2.24, 2.45) is 0 Å². The SMILES string of the molecule is Cc1ccc(C(=O)Nc2ccc([C@H]3OC(=O)N(Cc4cccc(C)c4)[C@H]3C(=O)NCCN(C)C)cc2)cc1. The Morgan fingerprint density at radius 2 is 1.66 bits per heavy atom. The van der Waals surface area contributed by atoms with Gasteiger partial charge in [-0.25, -0.2) is 4.79 Å². The van der Waals surface area contributed by atoms with Crippen LogP contribution in [0.1, 0.15) is 38.7 Å². The largest absolute Gasteiger partial charge is 0.438 e. The average Bonchev–Trinajstić information content (AvgIpc) is 3.20. The third-order valence-electron chi connectivity index (χ3n) is 6.46. The summed E-state index contributed by atoms with van der Waals surface area (Å²) in [6, 6.07) is 21.4. The van der Waals surface area contributed by atoms with Gasteiger partial charge in [0, 0.05) is 24.3 Å². The van der Waals surface area contributed by atoms with E-state index >= 15 is 0 Å². The van der Waals surface area contributed by atoms with E-state index in [-0.39, 0.29) is 18.4 Å². The van der Waals surface area contributed by atoms with Gasteiger partial charge in [-0.15, -0.1) is 0 Å². The number of rotatable bonds is 9. The number of anilines is 1. The Kier molecular flexibility index (Phi) is 8.43. The minimum atomic E-state index is -0.835. The van der Waals surface area contributed by atoms with Crippen LogP contribution in [0.4, 0.5) is 10.5 Å². The number of likely N-dealkylation sites (N-methyl/N-ethyl adjacent to an activating group) is 1. The Balaban J connectivity index is 1.53. The maximum absolute atomic E-state index is 13.4. The van der Waals surface area contributed by atoms with Gasteiger partial charge >= 0.3 is 6.09 Å². The number of ether oxygens (including phenoxy) is 1. The molecule has 1 aliphatic heterocycles. The van der Waals surface area contributed by atoms with Crippen molar-refractivity contribution in [2.45, 2.75) is 32.5 Å². The highest BCUT2D eigenvalue weighted by molar-refractivity contribution is 6.04. The molecule has 0 bridgehead atoms. The Morgan fingerprint density at radius 1 is 0.947 bits per heavy atom. The molecule has 0 aliphatic carbocycles. The molecule has 8 heteroatoms. The molecule has 0 aromatic heterocycles. The second-order valence-electron chi connectivity index (χ2n) is 9.90. The zero-order valence-corrected chi connectivity index (χ0v) is 22.2. The number of hydrogen-bond donors (Lipinski definition) is 2. The lowest BCUT2D eigenvalue weighted by molar-refractivity contribution is -0.126. The van der Waals surface area contributed by atoms with E-state index < -0.39 is 18.2 Å². The van der Waals surface area contributed by atoms with Crippen molar-refractivity contribution < 1.29 is 19.1 Å². The van der Waals surface area contributed by atoms with Crippen LogP contribution >= 0.6 is 0 Å². The van der Waals surface area contributed by atoms with E-state index in [1.807, 2.05) is 69.2 Å². The fraction of sp³-hybridized carbons (Fsp3) is 0.300. The molecule has 198 valence electrons. The lowest BCUT2D eigenvalue weighted by atomic mass is 10.00. The lowest BCUT2D eigenvalue weighted by Crippen LogP contribution is -2.47. The Labute approximate surface area is 223 Å². The average molecular weight is 515 g/mol. The molecule has 1 saturated heterocycles. The number of nitrogens with zero attached hydrogens (tertiary/aromatic N) is 2. The highest BCUT2D eigenvalue weighted by Crippen LogP contribution is 2.34. The fourth-order valence-electron chi connectivity index (χ4n) is 4.39. The summed E-state index contributed by atoms with van der Waals surface area (Å²) in [4.78, 5) is 42.4. The predicted octanol–water partition coefficient (Wildman–Crippen LogP) is 4.30. The second kappa shape index (κ2) is 11.9. The molecule has 1 aliphatic rings. The van der Waals surface area contributed by atoms with Crippen LogP contribution in [0.3, 0.4) is 0 Å². The first-order chi connectivity index (χ1) is 18.2. The molecule has 2 atom stereocenters. The van der Waals surface area contributed by atoms with E-state index in [1.165, 1.54) is 4.90 Å². The van der Waals surface area contributed by atoms with Gasteiger partial charge < -0.3 is 20.3 Å². The molecule has 8 nitrogen and oxygen atoms in total. The Morgan fingerprint density at radius 3 is 2.32 bits per heavy atom. The number of hydrogen-bond acceptors (Lipinski definition) is 5. The van der Waals surface area contributed by atoms with E-state index in [0.29, 0.717) is 29.9 Å². The predicted molar refractivity (Wildman–Crippen MR) is 147 cm³/mol. The Hall–Kier alpha value is -4.17. The molecule has 3 aromatic carbocycles. The van der Waals surface area contributed by atoms with Crippen molar-refractivity contribution in [3.63, 3.8) is 0 Å². The smallest absolute Gasteiger partial charge is 0.411 e. The molecular formula is C30H34N4O4. The molecule has 0 saturated carbocycles. The number of amides is 3. The van der Waals surface area contributed by atoms with Crippen molar-refractivity contribution >= 4 is 23.6 Å². The molecule has 1 fully saturated rings. The standard InChI is InChI=1S/C30H34N4O4/c1-20-8-10-24(11-9-20)28(35)32-25-14-12-23(13-15-25)27-26(29(36)31-16-17-33(3)4)34(30(37)38-27)19-22-7-5-6-21(2)18-22/h5-15,18,26-27H,16-17,19H2,1-4H3,(H,31,36)(H,32,35)/t26-,27-/m1/s1. The zero-order valence-electron chi connectivity index (χ0n) is 22.2. The van der Waals surface area contributed by atoms with Gasteiger partial charge in [-0.1, -0.05) is 59.7 Å². The molecule has 3 aromatic rings. The third-order valence-corrected chi connectivity index (χ3v) is 6.46. The quantitative estimate of drug-likeness (QED) is 0.445. The van der Waals surface area contributed by atoms with Crippen molar-refractivity contribution in [1.82, 2.24) is 15.1 Å². The third kappa shape index (κ3) is 6.58. The molecule has 2 N–H and O–H groups in total. The minimum Gasteiger partial charge on any atom is -0.438 e. The second-order valence-corrected chi connectivity index (χ2v) is 9.90. The molecular weight excluding hydrogens is 480 g/mol. The van der Waals surface area contributed by atoms with E-state index in [1.54, 1.807) is 36.4 Å². The van der Waals surface area contributed by atoms with Crippen LogP contribution in [0, 0.1) is 13.8 Å². The lowest BCUT2D eigenvalue weighted by Gasteiger charge is -2.24. The minimum absolute atomic E-state index is 0.215. The van der Waals surface area contributed by atoms with Gasteiger partial charge in [-0.2, -0.15) is 0 Å². The van der Waals surface area contributed by atoms with Crippen LogP contribution in [0.5, 0.6) is 0 Å². The van der Waals surface area contributed by atoms with Gasteiger partial charge in [0.25, 0.3) is 5.91 Å². The number of carbonyl (C=O) groups excluding carboxylic acids is 3. The number of nitrogens with one attached hydrogen (secondary N) is 2. The normalized spacial score (nSPS) is 16.9. The van der Waals surface area contributed by atoms with E-state index in [9.17, 15) is 14.4 Å². The summed E-state index contributed by atoms with van der Waals surface area (Å²) >= 11 is 0. The molecule has 0 unspecified atom stereocenters. The van der Waals surface area contributed by atoms with Gasteiger partial charge in [0.1, 0.15) is 0 Å². The highest BCUT2D eigenvalue weighted by Gasteiger charge is 2.46. The van der Waals surface area contributed by atoms with Crippen molar-refractivity contribution in [1.29, 1.82) is 0 Å². The molecule has 1 heterocycles. The van der Waals surface area contributed by atoms with E-state index in [0.717, 1.165) is 16.7 Å². The number of aryl methyl sites for hydroxylation is 2.